The van der Waals surface area contributed by atoms with Crippen molar-refractivity contribution in [3.05, 3.63) is 28.5 Å². The van der Waals surface area contributed by atoms with Crippen LogP contribution in [0.25, 0.3) is 0 Å². The predicted molar refractivity (Wildman–Crippen MR) is 73.4 cm³/mol. The second kappa shape index (κ2) is 7.06. The number of carbonyl (C=O) groups is 1. The van der Waals surface area contributed by atoms with Crippen LogP contribution in [0.5, 0.6) is 0 Å². The molecule has 1 heterocycles. The normalized spacial score (nSPS) is 11.8. The molecule has 112 valence electrons. The minimum absolute atomic E-state index is 0.197. The highest BCUT2D eigenvalue weighted by Gasteiger charge is 2.36. The van der Waals surface area contributed by atoms with Gasteiger partial charge in [-0.15, -0.1) is 0 Å². The predicted octanol–water partition coefficient (Wildman–Crippen LogP) is 4.04. The molecule has 0 bridgehead atoms. The number of pyridine rings is 1. The van der Waals surface area contributed by atoms with Gasteiger partial charge in [0.2, 0.25) is 0 Å². The van der Waals surface area contributed by atoms with Gasteiger partial charge in [-0.1, -0.05) is 13.8 Å². The molecule has 0 N–H and O–H groups in total. The number of aromatic nitrogens is 1. The number of halogens is 4. The molecule has 0 unspecified atom stereocenters. The lowest BCUT2D eigenvalue weighted by Gasteiger charge is -2.31. The van der Waals surface area contributed by atoms with E-state index in [0.717, 1.165) is 4.90 Å². The smallest absolute Gasteiger partial charge is 0.327 e. The number of hydrogen-bond donors (Lipinski definition) is 0. The number of hydrogen-bond acceptors (Lipinski definition) is 2. The Kier molecular flexibility index (Phi) is 5.98. The third kappa shape index (κ3) is 4.77. The first kappa shape index (κ1) is 16.9. The van der Waals surface area contributed by atoms with Crippen LogP contribution in [0.2, 0.25) is 0 Å². The molecular weight excluding hydrogens is 337 g/mol. The molecule has 0 aliphatic heterocycles. The first-order valence-electron chi connectivity index (χ1n) is 6.27. The molecule has 7 heteroatoms. The van der Waals surface area contributed by atoms with Gasteiger partial charge < -0.3 is 4.90 Å². The van der Waals surface area contributed by atoms with E-state index in [0.29, 0.717) is 17.4 Å². The van der Waals surface area contributed by atoms with E-state index in [-0.39, 0.29) is 5.56 Å². The van der Waals surface area contributed by atoms with E-state index in [9.17, 15) is 18.0 Å². The van der Waals surface area contributed by atoms with Crippen molar-refractivity contribution in [1.29, 1.82) is 0 Å². The van der Waals surface area contributed by atoms with Gasteiger partial charge >= 0.3 is 6.18 Å². The van der Waals surface area contributed by atoms with Crippen LogP contribution in [0.3, 0.4) is 0 Å². The maximum absolute atomic E-state index is 12.7. The topological polar surface area (TPSA) is 33.2 Å². The van der Waals surface area contributed by atoms with Gasteiger partial charge in [0.05, 0.1) is 0 Å². The zero-order valence-corrected chi connectivity index (χ0v) is 12.8. The van der Waals surface area contributed by atoms with E-state index in [2.05, 4.69) is 20.9 Å². The summed E-state index contributed by atoms with van der Waals surface area (Å²) in [6, 6.07) is 2.41. The zero-order valence-electron chi connectivity index (χ0n) is 11.2. The molecule has 1 aromatic heterocycles. The van der Waals surface area contributed by atoms with Crippen LogP contribution in [0.15, 0.2) is 22.9 Å². The van der Waals surface area contributed by atoms with Crippen molar-refractivity contribution in [1.82, 2.24) is 9.88 Å². The SMILES string of the molecule is CCC(CC)N(CC(F)(F)F)C(=O)c1ccnc(Br)c1. The van der Waals surface area contributed by atoms with Gasteiger partial charge in [-0.3, -0.25) is 4.79 Å². The summed E-state index contributed by atoms with van der Waals surface area (Å²) in [4.78, 5) is 17.1. The zero-order chi connectivity index (χ0) is 15.3. The monoisotopic (exact) mass is 352 g/mol. The van der Waals surface area contributed by atoms with Crippen LogP contribution in [-0.2, 0) is 0 Å². The van der Waals surface area contributed by atoms with Gasteiger partial charge in [-0.05, 0) is 40.9 Å². The number of carbonyl (C=O) groups excluding carboxylic acids is 1. The molecule has 0 aliphatic carbocycles. The van der Waals surface area contributed by atoms with Gasteiger partial charge in [0.1, 0.15) is 11.1 Å². The summed E-state index contributed by atoms with van der Waals surface area (Å²) in [6.07, 6.45) is -2.08. The Labute approximate surface area is 124 Å². The molecule has 0 atom stereocenters. The number of nitrogens with zero attached hydrogens (tertiary/aromatic N) is 2. The van der Waals surface area contributed by atoms with E-state index in [1.54, 1.807) is 13.8 Å². The van der Waals surface area contributed by atoms with Crippen LogP contribution in [0.4, 0.5) is 13.2 Å². The molecule has 1 amide bonds. The lowest BCUT2D eigenvalue weighted by atomic mass is 10.1. The Balaban J connectivity index is 3.06. The minimum atomic E-state index is -4.41. The molecule has 1 rings (SSSR count). The van der Waals surface area contributed by atoms with E-state index >= 15 is 0 Å². The molecule has 0 radical (unpaired) electrons. The van der Waals surface area contributed by atoms with E-state index in [4.69, 9.17) is 0 Å². The minimum Gasteiger partial charge on any atom is -0.327 e. The van der Waals surface area contributed by atoms with Gasteiger partial charge in [-0.2, -0.15) is 13.2 Å². The second-order valence-electron chi connectivity index (χ2n) is 4.39. The van der Waals surface area contributed by atoms with E-state index in [1.807, 2.05) is 0 Å². The summed E-state index contributed by atoms with van der Waals surface area (Å²) in [5.74, 6) is -0.626. The molecule has 0 spiro atoms. The summed E-state index contributed by atoms with van der Waals surface area (Å²) in [6.45, 7) is 2.30. The van der Waals surface area contributed by atoms with Gasteiger partial charge in [0.15, 0.2) is 0 Å². The fourth-order valence-electron chi connectivity index (χ4n) is 1.99. The van der Waals surface area contributed by atoms with Crippen molar-refractivity contribution in [2.75, 3.05) is 6.54 Å². The quantitative estimate of drug-likeness (QED) is 0.749. The average molecular weight is 353 g/mol. The largest absolute Gasteiger partial charge is 0.406 e. The molecule has 20 heavy (non-hydrogen) atoms. The second-order valence-corrected chi connectivity index (χ2v) is 5.20. The highest BCUT2D eigenvalue weighted by Crippen LogP contribution is 2.22. The van der Waals surface area contributed by atoms with Gasteiger partial charge in [0, 0.05) is 17.8 Å². The van der Waals surface area contributed by atoms with Crippen LogP contribution >= 0.6 is 15.9 Å². The van der Waals surface area contributed by atoms with Crippen molar-refractivity contribution in [3.8, 4) is 0 Å². The standard InChI is InChI=1S/C13H16BrF3N2O/c1-3-10(4-2)19(8-13(15,16)17)12(20)9-5-6-18-11(14)7-9/h5-7,10H,3-4,8H2,1-2H3. The van der Waals surface area contributed by atoms with Crippen molar-refractivity contribution >= 4 is 21.8 Å². The summed E-state index contributed by atoms with van der Waals surface area (Å²) >= 11 is 3.11. The van der Waals surface area contributed by atoms with Gasteiger partial charge in [0.25, 0.3) is 5.91 Å². The molecule has 1 aromatic rings. The Morgan fingerprint density at radius 3 is 2.45 bits per heavy atom. The molecule has 0 saturated heterocycles. The highest BCUT2D eigenvalue weighted by atomic mass is 79.9. The molecule has 0 aliphatic rings. The first-order valence-corrected chi connectivity index (χ1v) is 7.07. The number of amides is 1. The van der Waals surface area contributed by atoms with Crippen LogP contribution in [0.1, 0.15) is 37.0 Å². The van der Waals surface area contributed by atoms with Crippen molar-refractivity contribution < 1.29 is 18.0 Å². The third-order valence-corrected chi connectivity index (χ3v) is 3.40. The lowest BCUT2D eigenvalue weighted by Crippen LogP contribution is -2.45. The highest BCUT2D eigenvalue weighted by molar-refractivity contribution is 9.10. The maximum Gasteiger partial charge on any atom is 0.406 e. The Bertz CT molecular complexity index is 461. The van der Waals surface area contributed by atoms with Crippen molar-refractivity contribution in [3.63, 3.8) is 0 Å². The van der Waals surface area contributed by atoms with Crippen molar-refractivity contribution in [2.24, 2.45) is 0 Å². The molecule has 0 fully saturated rings. The third-order valence-electron chi connectivity index (χ3n) is 2.97. The van der Waals surface area contributed by atoms with Crippen LogP contribution in [-0.4, -0.2) is 34.6 Å². The summed E-state index contributed by atoms with van der Waals surface area (Å²) in [5, 5.41) is 0. The molecular formula is C13H16BrF3N2O. The van der Waals surface area contributed by atoms with Crippen LogP contribution < -0.4 is 0 Å². The molecule has 0 aromatic carbocycles. The molecule has 0 saturated carbocycles. The van der Waals surface area contributed by atoms with E-state index < -0.39 is 24.7 Å². The van der Waals surface area contributed by atoms with E-state index in [1.165, 1.54) is 18.3 Å². The Morgan fingerprint density at radius 2 is 2.00 bits per heavy atom. The lowest BCUT2D eigenvalue weighted by molar-refractivity contribution is -0.144. The average Bonchev–Trinajstić information content (AvgIpc) is 2.36. The first-order chi connectivity index (χ1) is 9.28. The Hall–Kier alpha value is -1.11. The summed E-state index contributed by atoms with van der Waals surface area (Å²) < 4.78 is 38.5. The maximum atomic E-state index is 12.7. The fraction of sp³-hybridized carbons (Fsp3) is 0.538. The fourth-order valence-corrected chi connectivity index (χ4v) is 2.36. The Morgan fingerprint density at radius 1 is 1.40 bits per heavy atom. The number of rotatable bonds is 5. The summed E-state index contributed by atoms with van der Waals surface area (Å²) in [7, 11) is 0. The number of alkyl halides is 3. The van der Waals surface area contributed by atoms with Crippen molar-refractivity contribution in [2.45, 2.75) is 38.9 Å². The van der Waals surface area contributed by atoms with Gasteiger partial charge in [-0.25, -0.2) is 4.98 Å². The van der Waals surface area contributed by atoms with Crippen LogP contribution in [0, 0.1) is 0 Å². The molecule has 3 nitrogen and oxygen atoms in total. The summed E-state index contributed by atoms with van der Waals surface area (Å²) in [5.41, 5.74) is 0.197.